The summed E-state index contributed by atoms with van der Waals surface area (Å²) in [6.45, 7) is 7.38. The first kappa shape index (κ1) is 25.6. The summed E-state index contributed by atoms with van der Waals surface area (Å²) < 4.78 is 5.52. The number of aliphatic imine (C=N–C) groups is 1. The number of guanidine groups is 1. The van der Waals surface area contributed by atoms with E-state index in [-0.39, 0.29) is 29.9 Å². The lowest BCUT2D eigenvalue weighted by Crippen LogP contribution is -2.46. The first-order valence-electron chi connectivity index (χ1n) is 10.4. The number of hydrogen-bond donors (Lipinski definition) is 3. The lowest BCUT2D eigenvalue weighted by Gasteiger charge is -2.34. The third-order valence-corrected chi connectivity index (χ3v) is 6.03. The minimum Gasteiger partial charge on any atom is -0.379 e. The van der Waals surface area contributed by atoms with Gasteiger partial charge in [0.25, 0.3) is 5.91 Å². The van der Waals surface area contributed by atoms with E-state index in [1.54, 1.807) is 18.4 Å². The number of carbonyl (C=O) groups is 1. The Morgan fingerprint density at radius 2 is 1.90 bits per heavy atom. The summed E-state index contributed by atoms with van der Waals surface area (Å²) in [5.74, 6) is 0.717. The molecule has 0 aliphatic carbocycles. The number of rotatable bonds is 8. The SMILES string of the molecule is CCNC(=O)c1ccc(CNC(=NC)NCC(c2cccs2)N2CCOCC2)cc1.I. The molecule has 3 rings (SSSR count). The third kappa shape index (κ3) is 7.74. The second kappa shape index (κ2) is 13.7. The van der Waals surface area contributed by atoms with Gasteiger partial charge in [-0.25, -0.2) is 0 Å². The van der Waals surface area contributed by atoms with Crippen molar-refractivity contribution < 1.29 is 9.53 Å². The summed E-state index contributed by atoms with van der Waals surface area (Å²) in [7, 11) is 1.78. The van der Waals surface area contributed by atoms with Gasteiger partial charge in [-0.15, -0.1) is 35.3 Å². The Bertz CT molecular complexity index is 808. The summed E-state index contributed by atoms with van der Waals surface area (Å²) in [6.07, 6.45) is 0. The second-order valence-electron chi connectivity index (χ2n) is 7.04. The molecule has 1 aromatic carbocycles. The average molecular weight is 558 g/mol. The zero-order valence-electron chi connectivity index (χ0n) is 18.1. The molecular formula is C22H32IN5O2S. The van der Waals surface area contributed by atoms with Gasteiger partial charge in [-0.2, -0.15) is 0 Å². The number of thiophene rings is 1. The van der Waals surface area contributed by atoms with Crippen molar-refractivity contribution in [2.45, 2.75) is 19.5 Å². The van der Waals surface area contributed by atoms with Crippen molar-refractivity contribution in [3.63, 3.8) is 0 Å². The van der Waals surface area contributed by atoms with Crippen LogP contribution < -0.4 is 16.0 Å². The molecule has 1 atom stereocenters. The molecule has 1 saturated heterocycles. The van der Waals surface area contributed by atoms with Crippen LogP contribution in [0.1, 0.15) is 33.8 Å². The van der Waals surface area contributed by atoms with Crippen molar-refractivity contribution >= 4 is 47.2 Å². The van der Waals surface area contributed by atoms with Crippen LogP contribution in [0.5, 0.6) is 0 Å². The van der Waals surface area contributed by atoms with Crippen LogP contribution in [-0.4, -0.2) is 63.2 Å². The van der Waals surface area contributed by atoms with Crippen molar-refractivity contribution in [3.8, 4) is 0 Å². The topological polar surface area (TPSA) is 78.0 Å². The molecule has 3 N–H and O–H groups in total. The van der Waals surface area contributed by atoms with Gasteiger partial charge in [0.2, 0.25) is 0 Å². The Kier molecular flexibility index (Phi) is 11.3. The Morgan fingerprint density at radius 3 is 2.52 bits per heavy atom. The number of amides is 1. The van der Waals surface area contributed by atoms with Crippen LogP contribution in [0.25, 0.3) is 0 Å². The molecule has 0 saturated carbocycles. The van der Waals surface area contributed by atoms with E-state index in [0.29, 0.717) is 24.7 Å². The highest BCUT2D eigenvalue weighted by Gasteiger charge is 2.23. The van der Waals surface area contributed by atoms with Crippen LogP contribution in [-0.2, 0) is 11.3 Å². The fourth-order valence-electron chi connectivity index (χ4n) is 3.42. The zero-order valence-corrected chi connectivity index (χ0v) is 21.2. The van der Waals surface area contributed by atoms with Gasteiger partial charge in [-0.05, 0) is 36.1 Å². The fourth-order valence-corrected chi connectivity index (χ4v) is 4.28. The van der Waals surface area contributed by atoms with E-state index >= 15 is 0 Å². The van der Waals surface area contributed by atoms with Crippen molar-refractivity contribution in [1.82, 2.24) is 20.9 Å². The highest BCUT2D eigenvalue weighted by molar-refractivity contribution is 14.0. The summed E-state index contributed by atoms with van der Waals surface area (Å²) in [4.78, 5) is 20.1. The number of halogens is 1. The Labute approximate surface area is 205 Å². The van der Waals surface area contributed by atoms with Crippen molar-refractivity contribution in [1.29, 1.82) is 0 Å². The predicted octanol–water partition coefficient (Wildman–Crippen LogP) is 2.85. The quantitative estimate of drug-likeness (QED) is 0.265. The number of nitrogens with one attached hydrogen (secondary N) is 3. The van der Waals surface area contributed by atoms with Crippen LogP contribution in [0.15, 0.2) is 46.8 Å². The molecule has 9 heteroatoms. The lowest BCUT2D eigenvalue weighted by atomic mass is 10.1. The van der Waals surface area contributed by atoms with Gasteiger partial charge in [0.15, 0.2) is 5.96 Å². The number of ether oxygens (including phenoxy) is 1. The molecule has 0 radical (unpaired) electrons. The number of morpholine rings is 1. The van der Waals surface area contributed by atoms with Crippen molar-refractivity contribution in [3.05, 3.63) is 57.8 Å². The van der Waals surface area contributed by atoms with E-state index in [1.807, 2.05) is 31.2 Å². The number of nitrogens with zero attached hydrogens (tertiary/aromatic N) is 2. The first-order chi connectivity index (χ1) is 14.7. The molecule has 1 aromatic heterocycles. The van der Waals surface area contributed by atoms with Crippen LogP contribution >= 0.6 is 35.3 Å². The number of carbonyl (C=O) groups excluding carboxylic acids is 1. The van der Waals surface area contributed by atoms with Crippen molar-refractivity contribution in [2.75, 3.05) is 46.4 Å². The van der Waals surface area contributed by atoms with Crippen LogP contribution in [0.3, 0.4) is 0 Å². The minimum absolute atomic E-state index is 0. The van der Waals surface area contributed by atoms with E-state index in [2.05, 4.69) is 43.4 Å². The van der Waals surface area contributed by atoms with Crippen LogP contribution in [0, 0.1) is 0 Å². The van der Waals surface area contributed by atoms with Crippen LogP contribution in [0.4, 0.5) is 0 Å². The molecule has 1 aliphatic heterocycles. The Balaban J connectivity index is 0.00000341. The highest BCUT2D eigenvalue weighted by atomic mass is 127. The maximum atomic E-state index is 11.9. The molecule has 1 fully saturated rings. The number of hydrogen-bond acceptors (Lipinski definition) is 5. The largest absolute Gasteiger partial charge is 0.379 e. The third-order valence-electron chi connectivity index (χ3n) is 5.06. The predicted molar refractivity (Wildman–Crippen MR) is 138 cm³/mol. The smallest absolute Gasteiger partial charge is 0.251 e. The van der Waals surface area contributed by atoms with E-state index in [9.17, 15) is 4.79 Å². The Morgan fingerprint density at radius 1 is 1.16 bits per heavy atom. The van der Waals surface area contributed by atoms with Gasteiger partial charge in [-0.3, -0.25) is 14.7 Å². The average Bonchev–Trinajstić information content (AvgIpc) is 3.32. The normalized spacial score (nSPS) is 15.6. The van der Waals surface area contributed by atoms with E-state index in [0.717, 1.165) is 44.4 Å². The molecule has 0 bridgehead atoms. The standard InChI is InChI=1S/C22H31N5O2S.HI/c1-3-24-21(28)18-8-6-17(7-9-18)15-25-22(23-2)26-16-19(20-5-4-14-30-20)27-10-12-29-13-11-27;/h4-9,14,19H,3,10-13,15-16H2,1-2H3,(H,24,28)(H2,23,25,26);1H. The second-order valence-corrected chi connectivity index (χ2v) is 8.02. The van der Waals surface area contributed by atoms with Gasteiger partial charge >= 0.3 is 0 Å². The highest BCUT2D eigenvalue weighted by Crippen LogP contribution is 2.25. The van der Waals surface area contributed by atoms with Gasteiger partial charge in [0.1, 0.15) is 0 Å². The van der Waals surface area contributed by atoms with Gasteiger partial charge in [0.05, 0.1) is 19.3 Å². The zero-order chi connectivity index (χ0) is 21.2. The Hall–Kier alpha value is -1.69. The molecule has 1 amide bonds. The molecule has 7 nitrogen and oxygen atoms in total. The summed E-state index contributed by atoms with van der Waals surface area (Å²) in [5.41, 5.74) is 1.77. The fraction of sp³-hybridized carbons (Fsp3) is 0.455. The maximum Gasteiger partial charge on any atom is 0.251 e. The van der Waals surface area contributed by atoms with Crippen LogP contribution in [0.2, 0.25) is 0 Å². The lowest BCUT2D eigenvalue weighted by molar-refractivity contribution is 0.0177. The van der Waals surface area contributed by atoms with Crippen molar-refractivity contribution in [2.24, 2.45) is 4.99 Å². The monoisotopic (exact) mass is 557 g/mol. The maximum absolute atomic E-state index is 11.9. The summed E-state index contributed by atoms with van der Waals surface area (Å²) >= 11 is 1.79. The molecule has 170 valence electrons. The molecule has 2 aromatic rings. The summed E-state index contributed by atoms with van der Waals surface area (Å²) in [5, 5.41) is 11.8. The van der Waals surface area contributed by atoms with E-state index in [1.165, 1.54) is 4.88 Å². The molecule has 1 unspecified atom stereocenters. The number of benzene rings is 1. The van der Waals surface area contributed by atoms with E-state index in [4.69, 9.17) is 4.74 Å². The molecular weight excluding hydrogens is 525 g/mol. The minimum atomic E-state index is -0.0442. The van der Waals surface area contributed by atoms with E-state index < -0.39 is 0 Å². The molecule has 1 aliphatic rings. The summed E-state index contributed by atoms with van der Waals surface area (Å²) in [6, 6.07) is 12.2. The molecule has 2 heterocycles. The molecule has 31 heavy (non-hydrogen) atoms. The van der Waals surface area contributed by atoms with Gasteiger partial charge in [0, 0.05) is 50.2 Å². The first-order valence-corrected chi connectivity index (χ1v) is 11.3. The van der Waals surface area contributed by atoms with Gasteiger partial charge in [-0.1, -0.05) is 18.2 Å². The van der Waals surface area contributed by atoms with Gasteiger partial charge < -0.3 is 20.7 Å². The molecule has 0 spiro atoms.